The normalized spacial score (nSPS) is 16.7. The summed E-state index contributed by atoms with van der Waals surface area (Å²) in [5.41, 5.74) is 3.68. The smallest absolute Gasteiger partial charge is 0.223 e. The van der Waals surface area contributed by atoms with Crippen molar-refractivity contribution in [3.8, 4) is 6.07 Å². The summed E-state index contributed by atoms with van der Waals surface area (Å²) < 4.78 is 0. The second-order valence-corrected chi connectivity index (χ2v) is 6.69. The molecule has 1 unspecified atom stereocenters. The molecule has 3 aromatic rings. The van der Waals surface area contributed by atoms with E-state index in [1.54, 1.807) is 12.1 Å². The minimum Gasteiger partial charge on any atom is -0.340 e. The minimum atomic E-state index is 0.0378. The maximum atomic E-state index is 12.8. The van der Waals surface area contributed by atoms with Crippen LogP contribution >= 0.6 is 0 Å². The molecule has 0 radical (unpaired) electrons. The van der Waals surface area contributed by atoms with Crippen LogP contribution in [0, 0.1) is 11.3 Å². The van der Waals surface area contributed by atoms with Gasteiger partial charge in [0.2, 0.25) is 5.91 Å². The van der Waals surface area contributed by atoms with E-state index in [1.165, 1.54) is 0 Å². The van der Waals surface area contributed by atoms with Crippen LogP contribution in [0.1, 0.15) is 42.3 Å². The van der Waals surface area contributed by atoms with Crippen molar-refractivity contribution in [1.82, 2.24) is 14.9 Å². The maximum absolute atomic E-state index is 12.8. The Balaban J connectivity index is 1.45. The molecule has 1 saturated heterocycles. The molecule has 1 amide bonds. The standard InChI is InChI=1S/C21H20N4O/c22-14-16-9-7-15(8-10-16)11-12-20(26)25-13-3-6-19(25)21-23-17-4-1-2-5-18(17)24-21/h1-2,4-5,7-10,19H,3,6,11-13H2,(H,23,24). The highest BCUT2D eigenvalue weighted by atomic mass is 16.2. The lowest BCUT2D eigenvalue weighted by molar-refractivity contribution is -0.132. The van der Waals surface area contributed by atoms with E-state index in [-0.39, 0.29) is 11.9 Å². The van der Waals surface area contributed by atoms with Crippen LogP contribution in [-0.4, -0.2) is 27.3 Å². The van der Waals surface area contributed by atoms with Crippen LogP contribution in [0.4, 0.5) is 0 Å². The maximum Gasteiger partial charge on any atom is 0.223 e. The van der Waals surface area contributed by atoms with Gasteiger partial charge in [0.05, 0.1) is 28.7 Å². The third-order valence-corrected chi connectivity index (χ3v) is 5.01. The van der Waals surface area contributed by atoms with Crippen molar-refractivity contribution in [3.05, 3.63) is 65.5 Å². The Morgan fingerprint density at radius 2 is 2.04 bits per heavy atom. The zero-order valence-corrected chi connectivity index (χ0v) is 14.5. The molecule has 1 aliphatic rings. The van der Waals surface area contributed by atoms with E-state index in [4.69, 9.17) is 5.26 Å². The number of likely N-dealkylation sites (tertiary alicyclic amines) is 1. The number of fused-ring (bicyclic) bond motifs is 1. The Morgan fingerprint density at radius 3 is 2.81 bits per heavy atom. The van der Waals surface area contributed by atoms with Crippen LogP contribution in [0.15, 0.2) is 48.5 Å². The largest absolute Gasteiger partial charge is 0.340 e. The fraction of sp³-hybridized carbons (Fsp3) is 0.286. The molecule has 0 bridgehead atoms. The molecule has 5 nitrogen and oxygen atoms in total. The summed E-state index contributed by atoms with van der Waals surface area (Å²) in [6, 6.07) is 17.6. The van der Waals surface area contributed by atoms with Crippen molar-refractivity contribution < 1.29 is 4.79 Å². The first-order valence-corrected chi connectivity index (χ1v) is 8.98. The zero-order chi connectivity index (χ0) is 17.9. The number of hydrogen-bond acceptors (Lipinski definition) is 3. The number of aryl methyl sites for hydroxylation is 1. The van der Waals surface area contributed by atoms with E-state index in [2.05, 4.69) is 16.0 Å². The van der Waals surface area contributed by atoms with Gasteiger partial charge in [-0.25, -0.2) is 4.98 Å². The zero-order valence-electron chi connectivity index (χ0n) is 14.5. The highest BCUT2D eigenvalue weighted by molar-refractivity contribution is 5.78. The number of para-hydroxylation sites is 2. The van der Waals surface area contributed by atoms with Crippen LogP contribution in [0.25, 0.3) is 11.0 Å². The van der Waals surface area contributed by atoms with E-state index in [0.29, 0.717) is 18.4 Å². The molecule has 2 heterocycles. The van der Waals surface area contributed by atoms with E-state index in [1.807, 2.05) is 41.3 Å². The van der Waals surface area contributed by atoms with Crippen LogP contribution in [0.2, 0.25) is 0 Å². The van der Waals surface area contributed by atoms with Gasteiger partial charge in [0.1, 0.15) is 5.82 Å². The van der Waals surface area contributed by atoms with Crippen LogP contribution < -0.4 is 0 Å². The lowest BCUT2D eigenvalue weighted by Gasteiger charge is -2.23. The third-order valence-electron chi connectivity index (χ3n) is 5.01. The number of nitriles is 1. The molecule has 130 valence electrons. The molecule has 2 aromatic carbocycles. The van der Waals surface area contributed by atoms with Gasteiger partial charge in [-0.3, -0.25) is 4.79 Å². The van der Waals surface area contributed by atoms with Gasteiger partial charge in [0.15, 0.2) is 0 Å². The number of aromatic nitrogens is 2. The van der Waals surface area contributed by atoms with Gasteiger partial charge in [-0.05, 0) is 49.1 Å². The first kappa shape index (κ1) is 16.3. The van der Waals surface area contributed by atoms with Crippen LogP contribution in [0.5, 0.6) is 0 Å². The van der Waals surface area contributed by atoms with E-state index >= 15 is 0 Å². The SMILES string of the molecule is N#Cc1ccc(CCC(=O)N2CCCC2c2nc3ccccc3[nH]2)cc1. The van der Waals surface area contributed by atoms with Crippen molar-refractivity contribution in [1.29, 1.82) is 5.26 Å². The molecule has 4 rings (SSSR count). The molecule has 0 aliphatic carbocycles. The number of carbonyl (C=O) groups excluding carboxylic acids is 1. The number of amides is 1. The number of aromatic amines is 1. The lowest BCUT2D eigenvalue weighted by atomic mass is 10.1. The number of carbonyl (C=O) groups is 1. The van der Waals surface area contributed by atoms with Crippen molar-refractivity contribution in [2.75, 3.05) is 6.54 Å². The Kier molecular flexibility index (Phi) is 4.40. The average Bonchev–Trinajstić information content (AvgIpc) is 3.32. The molecule has 1 N–H and O–H groups in total. The molecule has 1 aliphatic heterocycles. The predicted molar refractivity (Wildman–Crippen MR) is 99.3 cm³/mol. The fourth-order valence-corrected chi connectivity index (χ4v) is 3.62. The molecule has 1 atom stereocenters. The molecule has 5 heteroatoms. The van der Waals surface area contributed by atoms with Crippen LogP contribution in [0.3, 0.4) is 0 Å². The Bertz CT molecular complexity index is 935. The first-order valence-electron chi connectivity index (χ1n) is 8.98. The van der Waals surface area contributed by atoms with E-state index in [0.717, 1.165) is 41.8 Å². The van der Waals surface area contributed by atoms with Crippen LogP contribution in [-0.2, 0) is 11.2 Å². The highest BCUT2D eigenvalue weighted by Crippen LogP contribution is 2.32. The van der Waals surface area contributed by atoms with Gasteiger partial charge in [-0.15, -0.1) is 0 Å². The molecule has 0 spiro atoms. The van der Waals surface area contributed by atoms with E-state index < -0.39 is 0 Å². The number of nitrogens with zero attached hydrogens (tertiary/aromatic N) is 3. The fourth-order valence-electron chi connectivity index (χ4n) is 3.62. The average molecular weight is 344 g/mol. The summed E-state index contributed by atoms with van der Waals surface area (Å²) in [6.07, 6.45) is 3.11. The Labute approximate surface area is 152 Å². The lowest BCUT2D eigenvalue weighted by Crippen LogP contribution is -2.31. The Hall–Kier alpha value is -3.13. The second-order valence-electron chi connectivity index (χ2n) is 6.69. The van der Waals surface area contributed by atoms with E-state index in [9.17, 15) is 4.79 Å². The summed E-state index contributed by atoms with van der Waals surface area (Å²) in [7, 11) is 0. The third kappa shape index (κ3) is 3.18. The van der Waals surface area contributed by atoms with Crippen molar-refractivity contribution in [2.45, 2.75) is 31.7 Å². The molecule has 1 aromatic heterocycles. The van der Waals surface area contributed by atoms with Gasteiger partial charge in [0, 0.05) is 13.0 Å². The summed E-state index contributed by atoms with van der Waals surface area (Å²) in [6.45, 7) is 0.786. The number of nitrogens with one attached hydrogen (secondary N) is 1. The van der Waals surface area contributed by atoms with Gasteiger partial charge in [0.25, 0.3) is 0 Å². The quantitative estimate of drug-likeness (QED) is 0.784. The summed E-state index contributed by atoms with van der Waals surface area (Å²) in [4.78, 5) is 22.8. The topological polar surface area (TPSA) is 72.8 Å². The molecule has 1 fully saturated rings. The monoisotopic (exact) mass is 344 g/mol. The molecule has 0 saturated carbocycles. The van der Waals surface area contributed by atoms with Crippen molar-refractivity contribution in [2.24, 2.45) is 0 Å². The number of hydrogen-bond donors (Lipinski definition) is 1. The number of H-pyrrole nitrogens is 1. The summed E-state index contributed by atoms with van der Waals surface area (Å²) >= 11 is 0. The molecule has 26 heavy (non-hydrogen) atoms. The van der Waals surface area contributed by atoms with Gasteiger partial charge < -0.3 is 9.88 Å². The van der Waals surface area contributed by atoms with Crippen molar-refractivity contribution in [3.63, 3.8) is 0 Å². The van der Waals surface area contributed by atoms with Gasteiger partial charge >= 0.3 is 0 Å². The minimum absolute atomic E-state index is 0.0378. The van der Waals surface area contributed by atoms with Gasteiger partial charge in [-0.1, -0.05) is 24.3 Å². The first-order chi connectivity index (χ1) is 12.7. The van der Waals surface area contributed by atoms with Gasteiger partial charge in [-0.2, -0.15) is 5.26 Å². The summed E-state index contributed by atoms with van der Waals surface area (Å²) in [5, 5.41) is 8.86. The highest BCUT2D eigenvalue weighted by Gasteiger charge is 2.31. The number of benzene rings is 2. The summed E-state index contributed by atoms with van der Waals surface area (Å²) in [5.74, 6) is 1.05. The number of imidazole rings is 1. The van der Waals surface area contributed by atoms with Crippen molar-refractivity contribution >= 4 is 16.9 Å². The molecular weight excluding hydrogens is 324 g/mol. The second kappa shape index (κ2) is 7.01. The number of rotatable bonds is 4. The Morgan fingerprint density at radius 1 is 1.23 bits per heavy atom. The predicted octanol–water partition coefficient (Wildman–Crippen LogP) is 3.73. The molecular formula is C21H20N4O.